The number of benzene rings is 1. The van der Waals surface area contributed by atoms with Gasteiger partial charge in [-0.15, -0.1) is 0 Å². The van der Waals surface area contributed by atoms with Crippen molar-refractivity contribution in [3.63, 3.8) is 0 Å². The second-order valence-corrected chi connectivity index (χ2v) is 3.01. The molecule has 1 rings (SSSR count). The van der Waals surface area contributed by atoms with Crippen LogP contribution >= 0.6 is 23.2 Å². The molecule has 0 aliphatic rings. The Labute approximate surface area is 134 Å². The van der Waals surface area contributed by atoms with Crippen LogP contribution in [0.1, 0.15) is 5.56 Å². The fourth-order valence-electron chi connectivity index (χ4n) is 0.709. The van der Waals surface area contributed by atoms with Crippen molar-refractivity contribution < 1.29 is 61.3 Å². The Morgan fingerprint density at radius 2 is 2.00 bits per heavy atom. The number of carbonyl (C=O) groups is 1. The van der Waals surface area contributed by atoms with Crippen LogP contribution in [0.2, 0.25) is 10.0 Å². The molecule has 0 heterocycles. The number of carboxylic acid groups (broad SMARTS) is 1. The normalized spacial score (nSPS) is 8.14. The fraction of sp³-hybridized carbons (Fsp3) is 0. The molecule has 2 nitrogen and oxygen atoms in total. The molecule has 66 valence electrons. The Balaban J connectivity index is 0.00000169. The average Bonchev–Trinajstić information content (AvgIpc) is 2.02. The van der Waals surface area contributed by atoms with Crippen LogP contribution in [-0.2, 0) is 4.79 Å². The van der Waals surface area contributed by atoms with Crippen molar-refractivity contribution in [3.05, 3.63) is 33.8 Å². The number of carboxylic acids is 1. The Bertz CT molecular complexity index is 407. The van der Waals surface area contributed by atoms with Gasteiger partial charge in [-0.2, -0.15) is 0 Å². The van der Waals surface area contributed by atoms with Crippen molar-refractivity contribution in [2.75, 3.05) is 0 Å². The largest absolute Gasteiger partial charge is 1.00 e. The average molecular weight is 253 g/mol. The van der Waals surface area contributed by atoms with Crippen molar-refractivity contribution in [1.82, 2.24) is 0 Å². The molecule has 0 aliphatic carbocycles. The van der Waals surface area contributed by atoms with Crippen molar-refractivity contribution in [2.45, 2.75) is 0 Å². The second kappa shape index (κ2) is 6.86. The number of aliphatic carboxylic acids is 1. The van der Waals surface area contributed by atoms with E-state index in [4.69, 9.17) is 23.2 Å². The van der Waals surface area contributed by atoms with Crippen LogP contribution in [0.5, 0.6) is 0 Å². The maximum Gasteiger partial charge on any atom is 1.00 e. The monoisotopic (exact) mass is 252 g/mol. The van der Waals surface area contributed by atoms with Crippen molar-refractivity contribution in [1.29, 1.82) is 0 Å². The summed E-state index contributed by atoms with van der Waals surface area (Å²) in [7, 11) is 0. The number of hydrogen-bond acceptors (Lipinski definition) is 2. The van der Waals surface area contributed by atoms with Gasteiger partial charge in [-0.1, -0.05) is 29.1 Å². The zero-order valence-corrected chi connectivity index (χ0v) is 11.9. The number of halogens is 2. The third-order valence-corrected chi connectivity index (χ3v) is 1.78. The van der Waals surface area contributed by atoms with Crippen LogP contribution in [0, 0.1) is 11.8 Å². The van der Waals surface area contributed by atoms with Crippen LogP contribution in [-0.4, -0.2) is 5.97 Å². The Morgan fingerprint density at radius 3 is 2.50 bits per heavy atom. The van der Waals surface area contributed by atoms with Crippen LogP contribution < -0.4 is 56.5 Å². The number of carbonyl (C=O) groups excluding carboxylic acids is 1. The summed E-state index contributed by atoms with van der Waals surface area (Å²) in [6.07, 6.45) is 0. The summed E-state index contributed by atoms with van der Waals surface area (Å²) in [4.78, 5) is 10.00. The standard InChI is InChI=1S/C9H4Cl2O2.K/c10-7-3-1-6(8(11)5-7)2-4-9(12)13;/h1,3,5H,(H,12,13);/q;+1/p-1. The van der Waals surface area contributed by atoms with Gasteiger partial charge in [0.1, 0.15) is 5.97 Å². The van der Waals surface area contributed by atoms with Gasteiger partial charge >= 0.3 is 51.4 Å². The van der Waals surface area contributed by atoms with E-state index in [0.29, 0.717) is 15.6 Å². The van der Waals surface area contributed by atoms with Gasteiger partial charge in [-0.25, -0.2) is 0 Å². The van der Waals surface area contributed by atoms with Gasteiger partial charge in [0.25, 0.3) is 0 Å². The van der Waals surface area contributed by atoms with Crippen molar-refractivity contribution >= 4 is 29.2 Å². The molecule has 0 aromatic heterocycles. The van der Waals surface area contributed by atoms with Crippen molar-refractivity contribution in [2.24, 2.45) is 0 Å². The van der Waals surface area contributed by atoms with Gasteiger partial charge in [-0.05, 0) is 24.1 Å². The summed E-state index contributed by atoms with van der Waals surface area (Å²) >= 11 is 11.3. The van der Waals surface area contributed by atoms with Gasteiger partial charge in [-0.3, -0.25) is 0 Å². The van der Waals surface area contributed by atoms with E-state index in [0.717, 1.165) is 0 Å². The van der Waals surface area contributed by atoms with E-state index in [2.05, 4.69) is 5.92 Å². The molecule has 0 radical (unpaired) electrons. The summed E-state index contributed by atoms with van der Waals surface area (Å²) < 4.78 is 0. The summed E-state index contributed by atoms with van der Waals surface area (Å²) in [6, 6.07) is 4.61. The van der Waals surface area contributed by atoms with E-state index in [1.165, 1.54) is 6.07 Å². The molecule has 5 heteroatoms. The Hall–Kier alpha value is 0.466. The molecule has 0 bridgehead atoms. The molecule has 1 aromatic carbocycles. The minimum absolute atomic E-state index is 0. The van der Waals surface area contributed by atoms with Crippen LogP contribution in [0.3, 0.4) is 0 Å². The molecule has 0 spiro atoms. The zero-order chi connectivity index (χ0) is 9.84. The zero-order valence-electron chi connectivity index (χ0n) is 7.30. The third-order valence-electron chi connectivity index (χ3n) is 1.23. The molecule has 0 fully saturated rings. The molecule has 14 heavy (non-hydrogen) atoms. The predicted octanol–water partition coefficient (Wildman–Crippen LogP) is -1.90. The summed E-state index contributed by atoms with van der Waals surface area (Å²) in [5, 5.41) is 10.8. The topological polar surface area (TPSA) is 40.1 Å². The second-order valence-electron chi connectivity index (χ2n) is 2.16. The maximum atomic E-state index is 10.00. The summed E-state index contributed by atoms with van der Waals surface area (Å²) in [6.45, 7) is 0. The SMILES string of the molecule is O=C([O-])C#Cc1ccc(Cl)cc1Cl.[K+]. The molecular weight excluding hydrogens is 250 g/mol. The van der Waals surface area contributed by atoms with Crippen LogP contribution in [0.15, 0.2) is 18.2 Å². The maximum absolute atomic E-state index is 10.00. The first-order valence-corrected chi connectivity index (χ1v) is 4.03. The van der Waals surface area contributed by atoms with Crippen LogP contribution in [0.4, 0.5) is 0 Å². The third kappa shape index (κ3) is 4.81. The molecule has 0 N–H and O–H groups in total. The first-order valence-electron chi connectivity index (χ1n) is 3.27. The van der Waals surface area contributed by atoms with E-state index in [-0.39, 0.29) is 51.4 Å². The first kappa shape index (κ1) is 14.5. The van der Waals surface area contributed by atoms with Crippen molar-refractivity contribution in [3.8, 4) is 11.8 Å². The quantitative estimate of drug-likeness (QED) is 0.400. The molecule has 0 amide bonds. The van der Waals surface area contributed by atoms with E-state index in [9.17, 15) is 9.90 Å². The Morgan fingerprint density at radius 1 is 1.36 bits per heavy atom. The van der Waals surface area contributed by atoms with Gasteiger partial charge < -0.3 is 9.90 Å². The smallest absolute Gasteiger partial charge is 0.537 e. The molecule has 0 atom stereocenters. The summed E-state index contributed by atoms with van der Waals surface area (Å²) in [5.41, 5.74) is 0.412. The number of hydrogen-bond donors (Lipinski definition) is 0. The van der Waals surface area contributed by atoms with E-state index in [1.807, 2.05) is 5.92 Å². The van der Waals surface area contributed by atoms with E-state index in [1.54, 1.807) is 12.1 Å². The summed E-state index contributed by atoms with van der Waals surface area (Å²) in [5.74, 6) is 2.75. The first-order chi connectivity index (χ1) is 6.09. The molecular formula is C9H3Cl2KO2. The molecule has 0 saturated carbocycles. The van der Waals surface area contributed by atoms with Gasteiger partial charge in [0.2, 0.25) is 0 Å². The fourth-order valence-corrected chi connectivity index (χ4v) is 1.16. The minimum atomic E-state index is -1.44. The molecule has 0 unspecified atom stereocenters. The molecule has 0 aliphatic heterocycles. The number of rotatable bonds is 0. The van der Waals surface area contributed by atoms with Gasteiger partial charge in [0.05, 0.1) is 5.02 Å². The van der Waals surface area contributed by atoms with Crippen LogP contribution in [0.25, 0.3) is 0 Å². The van der Waals surface area contributed by atoms with Gasteiger partial charge in [0, 0.05) is 10.6 Å². The van der Waals surface area contributed by atoms with E-state index < -0.39 is 5.97 Å². The predicted molar refractivity (Wildman–Crippen MR) is 48.3 cm³/mol. The molecule has 0 saturated heterocycles. The minimum Gasteiger partial charge on any atom is -0.537 e. The van der Waals surface area contributed by atoms with E-state index >= 15 is 0 Å². The molecule has 1 aromatic rings. The van der Waals surface area contributed by atoms with Gasteiger partial charge in [0.15, 0.2) is 0 Å². The Kier molecular flexibility index (Phi) is 7.09.